The van der Waals surface area contributed by atoms with Gasteiger partial charge in [0.1, 0.15) is 5.78 Å². The van der Waals surface area contributed by atoms with Crippen LogP contribution in [0.4, 0.5) is 0 Å². The van der Waals surface area contributed by atoms with Crippen molar-refractivity contribution in [3.8, 4) is 0 Å². The summed E-state index contributed by atoms with van der Waals surface area (Å²) >= 11 is 0. The molecule has 2 atom stereocenters. The van der Waals surface area contributed by atoms with Crippen LogP contribution in [0.3, 0.4) is 0 Å². The van der Waals surface area contributed by atoms with E-state index in [9.17, 15) is 9.00 Å². The van der Waals surface area contributed by atoms with Crippen LogP contribution in [-0.4, -0.2) is 21.5 Å². The van der Waals surface area contributed by atoms with Gasteiger partial charge >= 0.3 is 0 Å². The number of ketones is 1. The van der Waals surface area contributed by atoms with E-state index in [1.54, 1.807) is 0 Å². The van der Waals surface area contributed by atoms with E-state index in [0.717, 1.165) is 37.2 Å². The lowest BCUT2D eigenvalue weighted by molar-refractivity contribution is -0.120. The van der Waals surface area contributed by atoms with Gasteiger partial charge in [-0.15, -0.1) is 0 Å². The summed E-state index contributed by atoms with van der Waals surface area (Å²) in [7, 11) is -0.673. The lowest BCUT2D eigenvalue weighted by Crippen LogP contribution is -2.15. The van der Waals surface area contributed by atoms with Crippen LogP contribution in [0.1, 0.15) is 51.4 Å². The monoisotopic (exact) mass is 242 g/mol. The number of hydrogen-bond donors (Lipinski definition) is 0. The molecular formula is C13H22O2S. The zero-order valence-electron chi connectivity index (χ0n) is 9.95. The number of carbonyl (C=O) groups excluding carboxylic acids is 1. The average Bonchev–Trinajstić information content (AvgIpc) is 2.87. The summed E-state index contributed by atoms with van der Waals surface area (Å²) in [4.78, 5) is 11.4. The Hall–Kier alpha value is -0.180. The second-order valence-electron chi connectivity index (χ2n) is 5.31. The fourth-order valence-electron chi connectivity index (χ4n) is 2.99. The van der Waals surface area contributed by atoms with E-state index in [4.69, 9.17) is 0 Å². The van der Waals surface area contributed by atoms with Crippen molar-refractivity contribution >= 4 is 16.6 Å². The number of rotatable bonds is 5. The highest BCUT2D eigenvalue weighted by Gasteiger charge is 2.25. The second-order valence-corrected chi connectivity index (χ2v) is 6.93. The van der Waals surface area contributed by atoms with Crippen LogP contribution in [-0.2, 0) is 15.6 Å². The van der Waals surface area contributed by atoms with Gasteiger partial charge in [0.05, 0.1) is 0 Å². The molecule has 0 saturated heterocycles. The molecule has 2 rings (SSSR count). The Bertz CT molecular complexity index is 269. The third-order valence-corrected chi connectivity index (χ3v) is 5.56. The summed E-state index contributed by atoms with van der Waals surface area (Å²) < 4.78 is 11.9. The van der Waals surface area contributed by atoms with Gasteiger partial charge in [0.2, 0.25) is 0 Å². The van der Waals surface area contributed by atoms with Gasteiger partial charge in [-0.1, -0.05) is 12.8 Å². The van der Waals surface area contributed by atoms with Crippen molar-refractivity contribution in [1.29, 1.82) is 0 Å². The Kier molecular flexibility index (Phi) is 4.56. The minimum atomic E-state index is -0.673. The number of hydrogen-bond acceptors (Lipinski definition) is 2. The topological polar surface area (TPSA) is 34.1 Å². The maximum Gasteiger partial charge on any atom is 0.136 e. The number of carbonyl (C=O) groups is 1. The standard InChI is InChI=1S/C13H22O2S/c14-13-7-3-6-12(13)8-9-16(15)10-11-4-1-2-5-11/h11-12H,1-10H2. The van der Waals surface area contributed by atoms with E-state index in [1.165, 1.54) is 25.7 Å². The van der Waals surface area contributed by atoms with Gasteiger partial charge in [-0.3, -0.25) is 9.00 Å². The van der Waals surface area contributed by atoms with Gasteiger partial charge in [0, 0.05) is 34.6 Å². The molecule has 2 aliphatic carbocycles. The number of Topliss-reactive ketones (excluding diaryl/α,β-unsaturated/α-hetero) is 1. The fraction of sp³-hybridized carbons (Fsp3) is 0.923. The van der Waals surface area contributed by atoms with E-state index < -0.39 is 10.8 Å². The van der Waals surface area contributed by atoms with E-state index in [2.05, 4.69) is 0 Å². The molecule has 0 spiro atoms. The molecule has 3 heteroatoms. The van der Waals surface area contributed by atoms with Crippen LogP contribution in [0, 0.1) is 11.8 Å². The largest absolute Gasteiger partial charge is 0.299 e. The van der Waals surface area contributed by atoms with E-state index in [0.29, 0.717) is 11.7 Å². The molecule has 2 nitrogen and oxygen atoms in total. The minimum absolute atomic E-state index is 0.243. The average molecular weight is 242 g/mol. The Balaban J connectivity index is 1.65. The summed E-state index contributed by atoms with van der Waals surface area (Å²) in [5.41, 5.74) is 0. The highest BCUT2D eigenvalue weighted by atomic mass is 32.2. The van der Waals surface area contributed by atoms with Crippen LogP contribution in [0.15, 0.2) is 0 Å². The minimum Gasteiger partial charge on any atom is -0.299 e. The molecule has 2 saturated carbocycles. The molecule has 0 radical (unpaired) electrons. The summed E-state index contributed by atoms with van der Waals surface area (Å²) in [6.45, 7) is 0. The Labute approximate surface area is 101 Å². The third-order valence-electron chi connectivity index (χ3n) is 4.02. The van der Waals surface area contributed by atoms with Crippen molar-refractivity contribution in [3.05, 3.63) is 0 Å². The van der Waals surface area contributed by atoms with Crippen LogP contribution in [0.2, 0.25) is 0 Å². The molecule has 0 heterocycles. The molecule has 92 valence electrons. The molecule has 0 aromatic carbocycles. The van der Waals surface area contributed by atoms with Crippen molar-refractivity contribution in [2.24, 2.45) is 11.8 Å². The lowest BCUT2D eigenvalue weighted by Gasteiger charge is -2.10. The first-order valence-corrected chi connectivity index (χ1v) is 8.12. The molecule has 2 aliphatic rings. The molecule has 0 bridgehead atoms. The molecule has 2 unspecified atom stereocenters. The smallest absolute Gasteiger partial charge is 0.136 e. The van der Waals surface area contributed by atoms with Crippen molar-refractivity contribution in [2.75, 3.05) is 11.5 Å². The molecule has 0 aromatic rings. The van der Waals surface area contributed by atoms with Crippen LogP contribution < -0.4 is 0 Å². The summed E-state index contributed by atoms with van der Waals surface area (Å²) in [6.07, 6.45) is 8.92. The SMILES string of the molecule is O=C1CCCC1CCS(=O)CC1CCCC1. The molecular weight excluding hydrogens is 220 g/mol. The normalized spacial score (nSPS) is 28.8. The highest BCUT2D eigenvalue weighted by Crippen LogP contribution is 2.27. The molecule has 2 fully saturated rings. The third kappa shape index (κ3) is 3.41. The Morgan fingerprint density at radius 2 is 1.88 bits per heavy atom. The zero-order valence-corrected chi connectivity index (χ0v) is 10.8. The lowest BCUT2D eigenvalue weighted by atomic mass is 10.1. The van der Waals surface area contributed by atoms with Crippen LogP contribution in [0.5, 0.6) is 0 Å². The first-order valence-electron chi connectivity index (χ1n) is 6.63. The van der Waals surface area contributed by atoms with E-state index >= 15 is 0 Å². The Morgan fingerprint density at radius 3 is 2.50 bits per heavy atom. The maximum absolute atomic E-state index is 11.9. The van der Waals surface area contributed by atoms with Gasteiger partial charge in [-0.25, -0.2) is 0 Å². The highest BCUT2D eigenvalue weighted by molar-refractivity contribution is 7.84. The molecule has 0 N–H and O–H groups in total. The summed E-state index contributed by atoms with van der Waals surface area (Å²) in [5.74, 6) is 3.01. The van der Waals surface area contributed by atoms with E-state index in [1.807, 2.05) is 0 Å². The van der Waals surface area contributed by atoms with Gasteiger partial charge < -0.3 is 0 Å². The van der Waals surface area contributed by atoms with Crippen LogP contribution >= 0.6 is 0 Å². The summed E-state index contributed by atoms with van der Waals surface area (Å²) in [6, 6.07) is 0. The second kappa shape index (κ2) is 5.95. The predicted molar refractivity (Wildman–Crippen MR) is 66.8 cm³/mol. The molecule has 16 heavy (non-hydrogen) atoms. The first kappa shape index (κ1) is 12.3. The fourth-order valence-corrected chi connectivity index (χ4v) is 4.56. The zero-order chi connectivity index (χ0) is 11.4. The van der Waals surface area contributed by atoms with E-state index in [-0.39, 0.29) is 5.92 Å². The van der Waals surface area contributed by atoms with Gasteiger partial charge in [0.15, 0.2) is 0 Å². The van der Waals surface area contributed by atoms with Gasteiger partial charge in [0.25, 0.3) is 0 Å². The molecule has 0 amide bonds. The van der Waals surface area contributed by atoms with Crippen molar-refractivity contribution in [2.45, 2.75) is 51.4 Å². The van der Waals surface area contributed by atoms with Crippen molar-refractivity contribution in [3.63, 3.8) is 0 Å². The quantitative estimate of drug-likeness (QED) is 0.743. The van der Waals surface area contributed by atoms with Gasteiger partial charge in [-0.05, 0) is 38.0 Å². The van der Waals surface area contributed by atoms with Crippen molar-refractivity contribution in [1.82, 2.24) is 0 Å². The predicted octanol–water partition coefficient (Wildman–Crippen LogP) is 2.68. The Morgan fingerprint density at radius 1 is 1.12 bits per heavy atom. The maximum atomic E-state index is 11.9. The van der Waals surface area contributed by atoms with Crippen molar-refractivity contribution < 1.29 is 9.00 Å². The molecule has 0 aliphatic heterocycles. The summed E-state index contributed by atoms with van der Waals surface area (Å²) in [5, 5.41) is 0. The molecule has 0 aromatic heterocycles. The van der Waals surface area contributed by atoms with Gasteiger partial charge in [-0.2, -0.15) is 0 Å². The van der Waals surface area contributed by atoms with Crippen LogP contribution in [0.25, 0.3) is 0 Å². The first-order chi connectivity index (χ1) is 7.75.